The second-order valence-electron chi connectivity index (χ2n) is 18.0. The quantitative estimate of drug-likeness (QED) is 0.0984. The first-order chi connectivity index (χ1) is 31.0. The summed E-state index contributed by atoms with van der Waals surface area (Å²) in [5, 5.41) is 11.3. The summed E-state index contributed by atoms with van der Waals surface area (Å²) in [5.74, 6) is 1.12. The highest BCUT2D eigenvalue weighted by atomic mass is 15.4. The molecule has 0 spiro atoms. The molecule has 63 heavy (non-hydrogen) atoms. The fraction of sp³-hybridized carbons (Fsp3) is 0.183. The van der Waals surface area contributed by atoms with E-state index in [0.717, 1.165) is 42.9 Å². The van der Waals surface area contributed by atoms with Crippen molar-refractivity contribution in [1.82, 2.24) is 5.01 Å². The minimum atomic E-state index is -0.363. The maximum atomic E-state index is 5.14. The third-order valence-corrected chi connectivity index (χ3v) is 13.9. The van der Waals surface area contributed by atoms with E-state index in [1.165, 1.54) is 50.1 Å². The zero-order chi connectivity index (χ0) is 42.6. The molecule has 0 heterocycles. The monoisotopic (exact) mass is 817 g/mol. The van der Waals surface area contributed by atoms with Gasteiger partial charge in [-0.15, -0.1) is 0 Å². The van der Waals surface area contributed by atoms with Crippen molar-refractivity contribution in [3.8, 4) is 0 Å². The molecule has 6 aromatic rings. The molecule has 4 unspecified atom stereocenters. The highest BCUT2D eigenvalue weighted by Crippen LogP contribution is 2.69. The molecule has 0 bridgehead atoms. The molecule has 0 amide bonds. The fourth-order valence-corrected chi connectivity index (χ4v) is 11.2. The lowest BCUT2D eigenvalue weighted by atomic mass is 9.55. The fourth-order valence-electron chi connectivity index (χ4n) is 11.2. The standard InChI is InChI=1S/C60H55N3/c1-44-36-47(38-50(37-44)48-22-10-4-11-23-48)43-63(42-46-20-8-3-9-21-46)61-41-45-31-33-53(34-32-45)62-58-40-57-55(39-54(58)49-24-12-5-13-25-49)56-30-18-19-35-59(56,2)60(57,51-26-14-6-15-27-51)52-28-16-7-17-29-52/h3-36,38,40-41,44,55-56,62H,37,39,42-43H2,1-2H3/b61-41+. The Morgan fingerprint density at radius 1 is 0.651 bits per heavy atom. The highest BCUT2D eigenvalue weighted by molar-refractivity contribution is 5.82. The van der Waals surface area contributed by atoms with Crippen molar-refractivity contribution in [3.05, 3.63) is 269 Å². The van der Waals surface area contributed by atoms with E-state index in [9.17, 15) is 0 Å². The predicted octanol–water partition coefficient (Wildman–Crippen LogP) is 14.1. The number of hydrogen-bond acceptors (Lipinski definition) is 3. The van der Waals surface area contributed by atoms with Gasteiger partial charge >= 0.3 is 0 Å². The number of anilines is 1. The van der Waals surface area contributed by atoms with Gasteiger partial charge in [0.2, 0.25) is 0 Å². The number of allylic oxidation sites excluding steroid dienone is 9. The Balaban J connectivity index is 0.988. The van der Waals surface area contributed by atoms with Crippen molar-refractivity contribution in [2.75, 3.05) is 11.9 Å². The number of nitrogens with one attached hydrogen (secondary N) is 1. The van der Waals surface area contributed by atoms with Crippen molar-refractivity contribution in [2.24, 2.45) is 28.3 Å². The molecule has 10 rings (SSSR count). The maximum Gasteiger partial charge on any atom is 0.0614 e. The van der Waals surface area contributed by atoms with Crippen LogP contribution >= 0.6 is 0 Å². The maximum absolute atomic E-state index is 5.14. The van der Waals surface area contributed by atoms with E-state index >= 15 is 0 Å². The molecule has 1 saturated carbocycles. The lowest BCUT2D eigenvalue weighted by Crippen LogP contribution is -2.43. The second-order valence-corrected chi connectivity index (χ2v) is 18.0. The molecule has 0 aliphatic heterocycles. The summed E-state index contributed by atoms with van der Waals surface area (Å²) in [6.45, 7) is 6.27. The highest BCUT2D eigenvalue weighted by Gasteiger charge is 2.64. The van der Waals surface area contributed by atoms with Crippen LogP contribution in [0.4, 0.5) is 5.69 Å². The first-order valence-corrected chi connectivity index (χ1v) is 22.6. The van der Waals surface area contributed by atoms with Gasteiger partial charge in [0.05, 0.1) is 24.7 Å². The van der Waals surface area contributed by atoms with Crippen molar-refractivity contribution in [2.45, 2.75) is 38.6 Å². The molecule has 4 aliphatic carbocycles. The van der Waals surface area contributed by atoms with Crippen LogP contribution in [-0.2, 0) is 12.0 Å². The number of hydrazone groups is 1. The van der Waals surface area contributed by atoms with Gasteiger partial charge in [0.15, 0.2) is 0 Å². The van der Waals surface area contributed by atoms with Crippen LogP contribution in [0.2, 0.25) is 0 Å². The van der Waals surface area contributed by atoms with Gasteiger partial charge in [-0.3, -0.25) is 5.01 Å². The predicted molar refractivity (Wildman–Crippen MR) is 264 cm³/mol. The Kier molecular flexibility index (Phi) is 11.1. The van der Waals surface area contributed by atoms with Crippen LogP contribution in [0, 0.1) is 23.2 Å². The Bertz CT molecular complexity index is 2720. The van der Waals surface area contributed by atoms with Crippen molar-refractivity contribution >= 4 is 23.0 Å². The second kappa shape index (κ2) is 17.4. The van der Waals surface area contributed by atoms with Gasteiger partial charge in [0.1, 0.15) is 0 Å². The molecule has 3 heteroatoms. The normalized spacial score (nSPS) is 22.2. The van der Waals surface area contributed by atoms with E-state index in [4.69, 9.17) is 5.10 Å². The van der Waals surface area contributed by atoms with Crippen LogP contribution in [0.15, 0.2) is 240 Å². The average Bonchev–Trinajstić information content (AvgIpc) is 3.56. The summed E-state index contributed by atoms with van der Waals surface area (Å²) in [6.07, 6.45) is 20.9. The molecule has 0 radical (unpaired) electrons. The van der Waals surface area contributed by atoms with Gasteiger partial charge in [-0.2, -0.15) is 5.10 Å². The van der Waals surface area contributed by atoms with Crippen LogP contribution in [-0.4, -0.2) is 17.8 Å². The summed E-state index contributed by atoms with van der Waals surface area (Å²) >= 11 is 0. The Labute approximate surface area is 373 Å². The van der Waals surface area contributed by atoms with Gasteiger partial charge < -0.3 is 5.32 Å². The largest absolute Gasteiger partial charge is 0.355 e. The van der Waals surface area contributed by atoms with Crippen LogP contribution in [0.1, 0.15) is 60.1 Å². The smallest absolute Gasteiger partial charge is 0.0614 e. The van der Waals surface area contributed by atoms with Crippen LogP contribution in [0.3, 0.4) is 0 Å². The lowest BCUT2D eigenvalue weighted by Gasteiger charge is -2.47. The summed E-state index contributed by atoms with van der Waals surface area (Å²) in [6, 6.07) is 63.7. The zero-order valence-corrected chi connectivity index (χ0v) is 36.3. The van der Waals surface area contributed by atoms with Gasteiger partial charge in [-0.05, 0) is 104 Å². The van der Waals surface area contributed by atoms with E-state index in [-0.39, 0.29) is 10.8 Å². The third kappa shape index (κ3) is 7.78. The van der Waals surface area contributed by atoms with E-state index in [1.54, 1.807) is 0 Å². The number of rotatable bonds is 12. The molecule has 6 aromatic carbocycles. The Hall–Kier alpha value is -6.97. The first kappa shape index (κ1) is 40.1. The van der Waals surface area contributed by atoms with Crippen molar-refractivity contribution < 1.29 is 0 Å². The lowest BCUT2D eigenvalue weighted by molar-refractivity contribution is 0.245. The minimum absolute atomic E-state index is 0.181. The van der Waals surface area contributed by atoms with Crippen molar-refractivity contribution in [3.63, 3.8) is 0 Å². The van der Waals surface area contributed by atoms with Crippen molar-refractivity contribution in [1.29, 1.82) is 0 Å². The molecule has 0 aromatic heterocycles. The Morgan fingerprint density at radius 2 is 1.25 bits per heavy atom. The zero-order valence-electron chi connectivity index (χ0n) is 36.3. The summed E-state index contributed by atoms with van der Waals surface area (Å²) in [7, 11) is 0. The number of benzene rings is 6. The summed E-state index contributed by atoms with van der Waals surface area (Å²) in [4.78, 5) is 0. The molecule has 310 valence electrons. The molecule has 3 nitrogen and oxygen atoms in total. The molecular formula is C60H55N3. The third-order valence-electron chi connectivity index (χ3n) is 13.9. The van der Waals surface area contributed by atoms with Gasteiger partial charge in [0, 0.05) is 16.8 Å². The summed E-state index contributed by atoms with van der Waals surface area (Å²) in [5.41, 5.74) is 14.7. The number of fused-ring (bicyclic) bond motifs is 3. The van der Waals surface area contributed by atoms with Gasteiger partial charge in [0.25, 0.3) is 0 Å². The van der Waals surface area contributed by atoms with E-state index in [0.29, 0.717) is 17.8 Å². The first-order valence-electron chi connectivity index (χ1n) is 22.6. The van der Waals surface area contributed by atoms with E-state index in [1.807, 2.05) is 6.21 Å². The molecule has 4 atom stereocenters. The molecule has 1 fully saturated rings. The van der Waals surface area contributed by atoms with Crippen LogP contribution in [0.5, 0.6) is 0 Å². The molecule has 0 saturated heterocycles. The Morgan fingerprint density at radius 3 is 1.90 bits per heavy atom. The van der Waals surface area contributed by atoms with Gasteiger partial charge in [-0.1, -0.05) is 214 Å². The van der Waals surface area contributed by atoms with E-state index in [2.05, 4.69) is 243 Å². The summed E-state index contributed by atoms with van der Waals surface area (Å²) < 4.78 is 0. The molecular weight excluding hydrogens is 763 g/mol. The number of nitrogens with zero attached hydrogens (tertiary/aromatic N) is 2. The number of hydrogen-bond donors (Lipinski definition) is 1. The minimum Gasteiger partial charge on any atom is -0.355 e. The molecule has 4 aliphatic rings. The van der Waals surface area contributed by atoms with Gasteiger partial charge in [-0.25, -0.2) is 0 Å². The van der Waals surface area contributed by atoms with E-state index < -0.39 is 0 Å². The SMILES string of the molecule is CC1C=C(CN(Cc2ccccc2)/N=C/c2ccc(NC3=C(c4ccccc4)CC4C(=C3)C(c3ccccc3)(c3ccccc3)C3(C)C=CC=CC43)cc2)C=C(c2ccccc2)C1. The van der Waals surface area contributed by atoms with Crippen LogP contribution < -0.4 is 5.32 Å². The average molecular weight is 818 g/mol. The molecule has 1 N–H and O–H groups in total. The topological polar surface area (TPSA) is 27.6 Å². The van der Waals surface area contributed by atoms with Crippen LogP contribution in [0.25, 0.3) is 11.1 Å².